The topological polar surface area (TPSA) is 55.8 Å². The van der Waals surface area contributed by atoms with Crippen molar-refractivity contribution in [3.05, 3.63) is 0 Å². The van der Waals surface area contributed by atoms with Crippen LogP contribution in [0.4, 0.5) is 0 Å². The van der Waals surface area contributed by atoms with E-state index in [0.717, 1.165) is 13.0 Å². The van der Waals surface area contributed by atoms with Gasteiger partial charge in [0.1, 0.15) is 5.25 Å². The van der Waals surface area contributed by atoms with E-state index in [1.165, 1.54) is 18.9 Å². The number of hydrogen-bond donors (Lipinski definition) is 1. The Morgan fingerprint density at radius 1 is 1.79 bits per heavy atom. The van der Waals surface area contributed by atoms with Gasteiger partial charge in [-0.15, -0.1) is 11.8 Å². The Balaban J connectivity index is 2.41. The molecule has 1 saturated heterocycles. The second kappa shape index (κ2) is 5.58. The molecular formula is C9H16O4S. The first-order valence-corrected chi connectivity index (χ1v) is 5.58. The largest absolute Gasteiger partial charge is 0.480 e. The molecule has 0 aromatic rings. The van der Waals surface area contributed by atoms with E-state index >= 15 is 0 Å². The fourth-order valence-corrected chi connectivity index (χ4v) is 2.71. The first-order valence-electron chi connectivity index (χ1n) is 4.64. The van der Waals surface area contributed by atoms with Crippen LogP contribution in [0.1, 0.15) is 13.3 Å². The maximum Gasteiger partial charge on any atom is 0.319 e. The molecule has 1 aliphatic rings. The van der Waals surface area contributed by atoms with Crippen molar-refractivity contribution in [2.45, 2.75) is 29.9 Å². The molecule has 0 radical (unpaired) electrons. The average molecular weight is 220 g/mol. The Morgan fingerprint density at radius 2 is 2.50 bits per heavy atom. The summed E-state index contributed by atoms with van der Waals surface area (Å²) in [6.07, 6.45) is 1.08. The number of thioether (sulfide) groups is 1. The summed E-state index contributed by atoms with van der Waals surface area (Å²) in [7, 11) is 1.52. The Kier molecular flexibility index (Phi) is 4.71. The fraction of sp³-hybridized carbons (Fsp3) is 0.889. The predicted molar refractivity (Wildman–Crippen MR) is 54.7 cm³/mol. The Labute approximate surface area is 88.0 Å². The van der Waals surface area contributed by atoms with Gasteiger partial charge in [-0.3, -0.25) is 4.79 Å². The summed E-state index contributed by atoms with van der Waals surface area (Å²) < 4.78 is 10.2. The van der Waals surface area contributed by atoms with Crippen LogP contribution in [-0.2, 0) is 14.3 Å². The summed E-state index contributed by atoms with van der Waals surface area (Å²) in [5.41, 5.74) is 0. The zero-order valence-corrected chi connectivity index (χ0v) is 9.25. The molecule has 0 bridgehead atoms. The number of aliphatic carboxylic acids is 1. The van der Waals surface area contributed by atoms with Crippen LogP contribution in [0, 0.1) is 0 Å². The van der Waals surface area contributed by atoms with Crippen molar-refractivity contribution >= 4 is 17.7 Å². The molecular weight excluding hydrogens is 204 g/mol. The molecule has 1 aliphatic heterocycles. The zero-order chi connectivity index (χ0) is 10.6. The van der Waals surface area contributed by atoms with Gasteiger partial charge in [0.25, 0.3) is 0 Å². The quantitative estimate of drug-likeness (QED) is 0.749. The molecule has 0 aromatic heterocycles. The first kappa shape index (κ1) is 11.8. The zero-order valence-electron chi connectivity index (χ0n) is 8.43. The molecule has 14 heavy (non-hydrogen) atoms. The van der Waals surface area contributed by atoms with E-state index in [1.54, 1.807) is 0 Å². The third-order valence-corrected chi connectivity index (χ3v) is 3.87. The number of methoxy groups -OCH3 is 1. The summed E-state index contributed by atoms with van der Waals surface area (Å²) in [4.78, 5) is 10.8. The Hall–Kier alpha value is -0.260. The Morgan fingerprint density at radius 3 is 2.93 bits per heavy atom. The summed E-state index contributed by atoms with van der Waals surface area (Å²) >= 11 is 1.44. The third kappa shape index (κ3) is 3.15. The van der Waals surface area contributed by atoms with Crippen LogP contribution < -0.4 is 0 Å². The minimum atomic E-state index is -0.809. The summed E-state index contributed by atoms with van der Waals surface area (Å²) in [6, 6.07) is 0. The van der Waals surface area contributed by atoms with E-state index in [-0.39, 0.29) is 18.0 Å². The second-order valence-electron chi connectivity index (χ2n) is 3.32. The van der Waals surface area contributed by atoms with Gasteiger partial charge in [0, 0.05) is 19.0 Å². The molecule has 3 atom stereocenters. The minimum Gasteiger partial charge on any atom is -0.480 e. The number of ether oxygens (including phenoxy) is 2. The van der Waals surface area contributed by atoms with Crippen LogP contribution in [0.5, 0.6) is 0 Å². The maximum atomic E-state index is 10.8. The van der Waals surface area contributed by atoms with Crippen molar-refractivity contribution in [3.63, 3.8) is 0 Å². The molecule has 0 aromatic carbocycles. The molecule has 5 heteroatoms. The van der Waals surface area contributed by atoms with Gasteiger partial charge in [-0.05, 0) is 13.3 Å². The molecule has 1 rings (SSSR count). The van der Waals surface area contributed by atoms with Gasteiger partial charge >= 0.3 is 5.97 Å². The van der Waals surface area contributed by atoms with Crippen LogP contribution in [0.25, 0.3) is 0 Å². The average Bonchev–Trinajstić information content (AvgIpc) is 2.51. The van der Waals surface area contributed by atoms with Crippen LogP contribution in [0.2, 0.25) is 0 Å². The number of carboxylic acid groups (broad SMARTS) is 1. The molecule has 1 fully saturated rings. The van der Waals surface area contributed by atoms with Crippen LogP contribution in [0.15, 0.2) is 0 Å². The second-order valence-corrected chi connectivity index (χ2v) is 4.77. The molecule has 4 nitrogen and oxygen atoms in total. The summed E-state index contributed by atoms with van der Waals surface area (Å²) in [6.45, 7) is 2.97. The molecule has 1 heterocycles. The van der Waals surface area contributed by atoms with Gasteiger partial charge in [0.05, 0.1) is 12.7 Å². The molecule has 0 aliphatic carbocycles. The standard InChI is InChI=1S/C9H16O4S/c1-6-7(3-4-13-6)14-8(5-12-2)9(10)11/h6-8H,3-5H2,1-2H3,(H,10,11). The van der Waals surface area contributed by atoms with Crippen LogP contribution >= 0.6 is 11.8 Å². The lowest BCUT2D eigenvalue weighted by atomic mass is 10.3. The number of rotatable bonds is 5. The van der Waals surface area contributed by atoms with Crippen molar-refractivity contribution in [1.82, 2.24) is 0 Å². The van der Waals surface area contributed by atoms with Crippen molar-refractivity contribution in [2.75, 3.05) is 20.3 Å². The van der Waals surface area contributed by atoms with E-state index in [9.17, 15) is 4.79 Å². The summed E-state index contributed by atoms with van der Waals surface area (Å²) in [5, 5.41) is 8.72. The van der Waals surface area contributed by atoms with Crippen LogP contribution in [-0.4, -0.2) is 48.0 Å². The monoisotopic (exact) mass is 220 g/mol. The number of carbonyl (C=O) groups is 1. The van der Waals surface area contributed by atoms with Gasteiger partial charge in [0.2, 0.25) is 0 Å². The minimum absolute atomic E-state index is 0.152. The van der Waals surface area contributed by atoms with Gasteiger partial charge in [-0.2, -0.15) is 0 Å². The molecule has 0 spiro atoms. The SMILES string of the molecule is COCC(SC1CCOC1C)C(=O)O. The molecule has 0 saturated carbocycles. The fourth-order valence-electron chi connectivity index (χ4n) is 1.42. The molecule has 3 unspecified atom stereocenters. The van der Waals surface area contributed by atoms with Crippen LogP contribution in [0.3, 0.4) is 0 Å². The highest BCUT2D eigenvalue weighted by Crippen LogP contribution is 2.29. The third-order valence-electron chi connectivity index (χ3n) is 2.24. The lowest BCUT2D eigenvalue weighted by Crippen LogP contribution is -2.27. The lowest BCUT2D eigenvalue weighted by Gasteiger charge is -2.18. The highest BCUT2D eigenvalue weighted by atomic mass is 32.2. The maximum absolute atomic E-state index is 10.8. The van der Waals surface area contributed by atoms with Gasteiger partial charge in [-0.25, -0.2) is 0 Å². The predicted octanol–water partition coefficient (Wildman–Crippen LogP) is 0.997. The van der Waals surface area contributed by atoms with Crippen molar-refractivity contribution in [1.29, 1.82) is 0 Å². The van der Waals surface area contributed by atoms with E-state index < -0.39 is 11.2 Å². The molecule has 0 amide bonds. The van der Waals surface area contributed by atoms with Crippen molar-refractivity contribution in [2.24, 2.45) is 0 Å². The van der Waals surface area contributed by atoms with E-state index in [0.29, 0.717) is 0 Å². The van der Waals surface area contributed by atoms with E-state index in [4.69, 9.17) is 14.6 Å². The lowest BCUT2D eigenvalue weighted by molar-refractivity contribution is -0.137. The van der Waals surface area contributed by atoms with Gasteiger partial charge < -0.3 is 14.6 Å². The number of hydrogen-bond acceptors (Lipinski definition) is 4. The highest BCUT2D eigenvalue weighted by molar-refractivity contribution is 8.01. The first-order chi connectivity index (χ1) is 6.65. The highest BCUT2D eigenvalue weighted by Gasteiger charge is 2.30. The van der Waals surface area contributed by atoms with E-state index in [2.05, 4.69) is 0 Å². The van der Waals surface area contributed by atoms with Crippen molar-refractivity contribution < 1.29 is 19.4 Å². The molecule has 82 valence electrons. The van der Waals surface area contributed by atoms with Gasteiger partial charge in [-0.1, -0.05) is 0 Å². The summed E-state index contributed by atoms with van der Waals surface area (Å²) in [5.74, 6) is -0.809. The number of carboxylic acids is 1. The smallest absolute Gasteiger partial charge is 0.319 e. The van der Waals surface area contributed by atoms with Gasteiger partial charge in [0.15, 0.2) is 0 Å². The molecule has 1 N–H and O–H groups in total. The van der Waals surface area contributed by atoms with E-state index in [1.807, 2.05) is 6.92 Å². The normalized spacial score (nSPS) is 29.0. The Bertz CT molecular complexity index is 197. The van der Waals surface area contributed by atoms with Crippen molar-refractivity contribution in [3.8, 4) is 0 Å².